The Labute approximate surface area is 117 Å². The van der Waals surface area contributed by atoms with Crippen molar-refractivity contribution in [1.82, 2.24) is 4.98 Å². The van der Waals surface area contributed by atoms with E-state index >= 15 is 0 Å². The number of aliphatic hydroxyl groups is 1. The summed E-state index contributed by atoms with van der Waals surface area (Å²) < 4.78 is 5.74. The number of pyridine rings is 1. The van der Waals surface area contributed by atoms with E-state index in [9.17, 15) is 5.11 Å². The minimum absolute atomic E-state index is 0.413. The first-order valence-electron chi connectivity index (χ1n) is 6.07. The van der Waals surface area contributed by atoms with Crippen molar-refractivity contribution in [1.29, 1.82) is 0 Å². The third-order valence-electron chi connectivity index (χ3n) is 2.75. The van der Waals surface area contributed by atoms with Gasteiger partial charge >= 0.3 is 0 Å². The number of rotatable bonds is 4. The van der Waals surface area contributed by atoms with Gasteiger partial charge in [-0.25, -0.2) is 0 Å². The van der Waals surface area contributed by atoms with Crippen LogP contribution in [0.1, 0.15) is 29.7 Å². The second-order valence-corrected chi connectivity index (χ2v) is 4.95. The van der Waals surface area contributed by atoms with Crippen LogP contribution in [0.5, 0.6) is 5.75 Å². The van der Waals surface area contributed by atoms with E-state index < -0.39 is 6.10 Å². The summed E-state index contributed by atoms with van der Waals surface area (Å²) in [5.41, 5.74) is 2.77. The second-order valence-electron chi connectivity index (χ2n) is 4.52. The molecule has 2 aromatic rings. The largest absolute Gasteiger partial charge is 0.488 e. The number of benzene rings is 1. The fourth-order valence-corrected chi connectivity index (χ4v) is 2.02. The van der Waals surface area contributed by atoms with Gasteiger partial charge in [0.25, 0.3) is 0 Å². The molecule has 1 N–H and O–H groups in total. The summed E-state index contributed by atoms with van der Waals surface area (Å²) in [7, 11) is 0. The fraction of sp³-hybridized carbons (Fsp3) is 0.267. The van der Waals surface area contributed by atoms with Gasteiger partial charge in [0.05, 0.1) is 6.10 Å². The summed E-state index contributed by atoms with van der Waals surface area (Å²) in [4.78, 5) is 4.12. The Hall–Kier alpha value is -1.58. The highest BCUT2D eigenvalue weighted by Gasteiger charge is 2.10. The van der Waals surface area contributed by atoms with Crippen molar-refractivity contribution < 1.29 is 9.84 Å². The molecule has 0 spiro atoms. The summed E-state index contributed by atoms with van der Waals surface area (Å²) >= 11 is 5.92. The van der Waals surface area contributed by atoms with Crippen LogP contribution in [0.2, 0.25) is 5.02 Å². The lowest BCUT2D eigenvalue weighted by atomic mass is 10.1. The number of ether oxygens (including phenoxy) is 1. The average Bonchev–Trinajstić information content (AvgIpc) is 2.37. The van der Waals surface area contributed by atoms with Crippen LogP contribution in [0.15, 0.2) is 36.7 Å². The van der Waals surface area contributed by atoms with Crippen molar-refractivity contribution >= 4 is 11.6 Å². The zero-order valence-electron chi connectivity index (χ0n) is 10.9. The molecule has 19 heavy (non-hydrogen) atoms. The average molecular weight is 278 g/mol. The minimum atomic E-state index is -0.621. The summed E-state index contributed by atoms with van der Waals surface area (Å²) in [6.45, 7) is 4.09. The van der Waals surface area contributed by atoms with E-state index in [1.165, 1.54) is 0 Å². The van der Waals surface area contributed by atoms with Crippen LogP contribution in [0, 0.1) is 6.92 Å². The first-order valence-corrected chi connectivity index (χ1v) is 6.45. The first-order chi connectivity index (χ1) is 9.06. The lowest BCUT2D eigenvalue weighted by molar-refractivity contribution is 0.190. The normalized spacial score (nSPS) is 12.2. The molecule has 3 nitrogen and oxygen atoms in total. The van der Waals surface area contributed by atoms with Crippen LogP contribution in [0.4, 0.5) is 0 Å². The topological polar surface area (TPSA) is 42.4 Å². The maximum absolute atomic E-state index is 9.72. The van der Waals surface area contributed by atoms with Crippen molar-refractivity contribution in [2.24, 2.45) is 0 Å². The molecule has 0 aliphatic rings. The lowest BCUT2D eigenvalue weighted by Crippen LogP contribution is -2.01. The Bertz CT molecular complexity index is 570. The molecular weight excluding hydrogens is 262 g/mol. The predicted molar refractivity (Wildman–Crippen MR) is 75.4 cm³/mol. The zero-order valence-corrected chi connectivity index (χ0v) is 11.7. The summed E-state index contributed by atoms with van der Waals surface area (Å²) in [6, 6.07) is 7.26. The van der Waals surface area contributed by atoms with Gasteiger partial charge in [-0.3, -0.25) is 4.98 Å². The summed E-state index contributed by atoms with van der Waals surface area (Å²) in [5.74, 6) is 0.640. The Morgan fingerprint density at radius 2 is 2.11 bits per heavy atom. The molecule has 0 aliphatic carbocycles. The van der Waals surface area contributed by atoms with Crippen LogP contribution in [0.3, 0.4) is 0 Å². The molecule has 4 heteroatoms. The van der Waals surface area contributed by atoms with Crippen molar-refractivity contribution in [3.63, 3.8) is 0 Å². The standard InChI is InChI=1S/C15H16ClNO2/c1-10-5-12(8-17-7-10)9-19-15-4-3-13(16)6-14(15)11(2)18/h3-8,11,18H,9H2,1-2H3. The van der Waals surface area contributed by atoms with Gasteiger partial charge in [0.15, 0.2) is 0 Å². The second kappa shape index (κ2) is 6.04. The van der Waals surface area contributed by atoms with Crippen LogP contribution >= 0.6 is 11.6 Å². The van der Waals surface area contributed by atoms with Gasteiger partial charge in [-0.05, 0) is 43.7 Å². The van der Waals surface area contributed by atoms with Crippen molar-refractivity contribution in [2.45, 2.75) is 26.6 Å². The van der Waals surface area contributed by atoms with E-state index in [4.69, 9.17) is 16.3 Å². The smallest absolute Gasteiger partial charge is 0.125 e. The van der Waals surface area contributed by atoms with Crippen molar-refractivity contribution in [3.8, 4) is 5.75 Å². The molecule has 0 saturated carbocycles. The number of aromatic nitrogens is 1. The molecule has 1 heterocycles. The minimum Gasteiger partial charge on any atom is -0.488 e. The molecule has 0 fully saturated rings. The van der Waals surface area contributed by atoms with E-state index in [1.807, 2.05) is 13.0 Å². The Morgan fingerprint density at radius 1 is 1.32 bits per heavy atom. The molecule has 1 aromatic carbocycles. The molecule has 1 unspecified atom stereocenters. The maximum Gasteiger partial charge on any atom is 0.125 e. The van der Waals surface area contributed by atoms with E-state index in [1.54, 1.807) is 37.5 Å². The van der Waals surface area contributed by atoms with Crippen LogP contribution in [-0.2, 0) is 6.61 Å². The number of halogens is 1. The maximum atomic E-state index is 9.72. The third kappa shape index (κ3) is 3.69. The quantitative estimate of drug-likeness (QED) is 0.927. The van der Waals surface area contributed by atoms with Crippen LogP contribution < -0.4 is 4.74 Å². The monoisotopic (exact) mass is 277 g/mol. The zero-order chi connectivity index (χ0) is 13.8. The number of hydrogen-bond acceptors (Lipinski definition) is 3. The van der Waals surface area contributed by atoms with Crippen molar-refractivity contribution in [2.75, 3.05) is 0 Å². The molecule has 2 rings (SSSR count). The third-order valence-corrected chi connectivity index (χ3v) is 2.98. The molecule has 1 aromatic heterocycles. The molecule has 0 saturated heterocycles. The lowest BCUT2D eigenvalue weighted by Gasteiger charge is -2.14. The van der Waals surface area contributed by atoms with Crippen LogP contribution in [0.25, 0.3) is 0 Å². The molecule has 0 amide bonds. The molecular formula is C15H16ClNO2. The van der Waals surface area contributed by atoms with Gasteiger partial charge in [-0.1, -0.05) is 11.6 Å². The summed E-state index contributed by atoms with van der Waals surface area (Å²) in [6.07, 6.45) is 2.95. The van der Waals surface area contributed by atoms with E-state index in [-0.39, 0.29) is 0 Å². The van der Waals surface area contributed by atoms with E-state index in [2.05, 4.69) is 4.98 Å². The van der Waals surface area contributed by atoms with Crippen LogP contribution in [-0.4, -0.2) is 10.1 Å². The van der Waals surface area contributed by atoms with Gasteiger partial charge in [-0.15, -0.1) is 0 Å². The van der Waals surface area contributed by atoms with Gasteiger partial charge < -0.3 is 9.84 Å². The Morgan fingerprint density at radius 3 is 2.79 bits per heavy atom. The number of aryl methyl sites for hydroxylation is 1. The van der Waals surface area contributed by atoms with Gasteiger partial charge in [0.2, 0.25) is 0 Å². The SMILES string of the molecule is Cc1cncc(COc2ccc(Cl)cc2C(C)O)c1. The first kappa shape index (κ1) is 13.8. The van der Waals surface area contributed by atoms with E-state index in [0.29, 0.717) is 22.9 Å². The van der Waals surface area contributed by atoms with Gasteiger partial charge in [0.1, 0.15) is 12.4 Å². The Balaban J connectivity index is 2.15. The molecule has 100 valence electrons. The Kier molecular flexibility index (Phi) is 4.40. The predicted octanol–water partition coefficient (Wildman–Crippen LogP) is 3.68. The highest BCUT2D eigenvalue weighted by Crippen LogP contribution is 2.28. The number of hydrogen-bond donors (Lipinski definition) is 1. The van der Waals surface area contributed by atoms with E-state index in [0.717, 1.165) is 11.1 Å². The van der Waals surface area contributed by atoms with Gasteiger partial charge in [0, 0.05) is 28.5 Å². The summed E-state index contributed by atoms with van der Waals surface area (Å²) in [5, 5.41) is 10.3. The molecule has 1 atom stereocenters. The fourth-order valence-electron chi connectivity index (χ4n) is 1.83. The molecule has 0 bridgehead atoms. The molecule has 0 aliphatic heterocycles. The highest BCUT2D eigenvalue weighted by molar-refractivity contribution is 6.30. The number of nitrogens with zero attached hydrogens (tertiary/aromatic N) is 1. The van der Waals surface area contributed by atoms with Crippen molar-refractivity contribution in [3.05, 3.63) is 58.4 Å². The van der Waals surface area contributed by atoms with Gasteiger partial charge in [-0.2, -0.15) is 0 Å². The highest BCUT2D eigenvalue weighted by atomic mass is 35.5. The number of aliphatic hydroxyl groups excluding tert-OH is 1. The molecule has 0 radical (unpaired) electrons.